The van der Waals surface area contributed by atoms with Gasteiger partial charge in [-0.15, -0.1) is 0 Å². The molecular formula is C14H25N3. The molecule has 1 aromatic heterocycles. The summed E-state index contributed by atoms with van der Waals surface area (Å²) >= 11 is 0. The normalized spacial score (nSPS) is 28.8. The highest BCUT2D eigenvalue weighted by Crippen LogP contribution is 2.34. The molecule has 0 saturated heterocycles. The summed E-state index contributed by atoms with van der Waals surface area (Å²) in [7, 11) is 1.99. The zero-order valence-corrected chi connectivity index (χ0v) is 11.3. The van der Waals surface area contributed by atoms with Gasteiger partial charge in [0.25, 0.3) is 0 Å². The number of hydrogen-bond acceptors (Lipinski definition) is 2. The lowest BCUT2D eigenvalue weighted by Gasteiger charge is -2.21. The van der Waals surface area contributed by atoms with E-state index in [0.717, 1.165) is 24.4 Å². The van der Waals surface area contributed by atoms with Crippen molar-refractivity contribution >= 4 is 0 Å². The molecule has 3 heteroatoms. The minimum absolute atomic E-state index is 0.749. The van der Waals surface area contributed by atoms with Crippen LogP contribution in [0.4, 0.5) is 0 Å². The van der Waals surface area contributed by atoms with Crippen LogP contribution < -0.4 is 5.32 Å². The molecule has 0 amide bonds. The maximum atomic E-state index is 4.23. The Bertz CT molecular complexity index is 345. The van der Waals surface area contributed by atoms with E-state index in [9.17, 15) is 0 Å². The number of hydrogen-bond donors (Lipinski definition) is 1. The second-order valence-electron chi connectivity index (χ2n) is 5.42. The lowest BCUT2D eigenvalue weighted by molar-refractivity contribution is 0.340. The molecule has 2 rings (SSSR count). The van der Waals surface area contributed by atoms with Crippen molar-refractivity contribution < 1.29 is 0 Å². The van der Waals surface area contributed by atoms with E-state index >= 15 is 0 Å². The van der Waals surface area contributed by atoms with Crippen LogP contribution in [0, 0.1) is 11.8 Å². The van der Waals surface area contributed by atoms with Gasteiger partial charge in [-0.1, -0.05) is 13.8 Å². The molecule has 1 aliphatic carbocycles. The summed E-state index contributed by atoms with van der Waals surface area (Å²) in [6.07, 6.45) is 9.38. The Morgan fingerprint density at radius 1 is 1.47 bits per heavy atom. The van der Waals surface area contributed by atoms with Gasteiger partial charge < -0.3 is 5.32 Å². The summed E-state index contributed by atoms with van der Waals surface area (Å²) in [5, 5.41) is 7.84. The van der Waals surface area contributed by atoms with Crippen LogP contribution in [0.5, 0.6) is 0 Å². The number of aromatic nitrogens is 2. The lowest BCUT2D eigenvalue weighted by Crippen LogP contribution is -2.32. The fraction of sp³-hybridized carbons (Fsp3) is 0.786. The Hall–Kier alpha value is -0.830. The van der Waals surface area contributed by atoms with Crippen molar-refractivity contribution in [2.24, 2.45) is 18.9 Å². The van der Waals surface area contributed by atoms with Crippen LogP contribution in [0.2, 0.25) is 0 Å². The summed E-state index contributed by atoms with van der Waals surface area (Å²) in [6.45, 7) is 5.72. The van der Waals surface area contributed by atoms with E-state index in [1.54, 1.807) is 0 Å². The van der Waals surface area contributed by atoms with E-state index in [1.165, 1.54) is 31.2 Å². The van der Waals surface area contributed by atoms with Gasteiger partial charge in [-0.3, -0.25) is 4.68 Å². The van der Waals surface area contributed by atoms with Crippen LogP contribution in [-0.4, -0.2) is 22.4 Å². The van der Waals surface area contributed by atoms with E-state index in [0.29, 0.717) is 0 Å². The Morgan fingerprint density at radius 2 is 2.29 bits per heavy atom. The summed E-state index contributed by atoms with van der Waals surface area (Å²) in [5.74, 6) is 1.71. The first kappa shape index (κ1) is 12.6. The molecule has 1 heterocycles. The largest absolute Gasteiger partial charge is 0.314 e. The smallest absolute Gasteiger partial charge is 0.0521 e. The highest BCUT2D eigenvalue weighted by Gasteiger charge is 2.31. The van der Waals surface area contributed by atoms with Gasteiger partial charge in [0.15, 0.2) is 0 Å². The third-order valence-electron chi connectivity index (χ3n) is 4.26. The van der Waals surface area contributed by atoms with Crippen LogP contribution in [-0.2, 0) is 13.5 Å². The molecule has 1 saturated carbocycles. The fourth-order valence-corrected chi connectivity index (χ4v) is 3.16. The summed E-state index contributed by atoms with van der Waals surface area (Å²) < 4.78 is 1.90. The minimum atomic E-state index is 0.749. The van der Waals surface area contributed by atoms with Gasteiger partial charge in [0.2, 0.25) is 0 Å². The molecular weight excluding hydrogens is 210 g/mol. The Kier molecular flexibility index (Phi) is 4.21. The van der Waals surface area contributed by atoms with Crippen LogP contribution >= 0.6 is 0 Å². The van der Waals surface area contributed by atoms with Crippen molar-refractivity contribution in [1.82, 2.24) is 15.1 Å². The predicted octanol–water partition coefficient (Wildman–Crippen LogP) is 2.38. The van der Waals surface area contributed by atoms with Crippen LogP contribution in [0.1, 0.15) is 38.7 Å². The van der Waals surface area contributed by atoms with Crippen LogP contribution in [0.15, 0.2) is 12.4 Å². The first-order valence-electron chi connectivity index (χ1n) is 6.91. The molecule has 1 aromatic rings. The topological polar surface area (TPSA) is 29.9 Å². The zero-order valence-electron chi connectivity index (χ0n) is 11.3. The fourth-order valence-electron chi connectivity index (χ4n) is 3.16. The molecule has 1 aliphatic rings. The molecule has 1 N–H and O–H groups in total. The third-order valence-corrected chi connectivity index (χ3v) is 4.26. The average Bonchev–Trinajstić information content (AvgIpc) is 2.86. The molecule has 17 heavy (non-hydrogen) atoms. The standard InChI is InChI=1S/C14H25N3/c1-4-15-14-8-7-13(11(14)2)6-5-12-9-16-17(3)10-12/h9-11,13-15H,4-8H2,1-3H3. The second kappa shape index (κ2) is 5.67. The maximum Gasteiger partial charge on any atom is 0.0521 e. The van der Waals surface area contributed by atoms with Crippen molar-refractivity contribution in [3.05, 3.63) is 18.0 Å². The highest BCUT2D eigenvalue weighted by molar-refractivity contribution is 5.04. The Labute approximate surface area is 105 Å². The van der Waals surface area contributed by atoms with E-state index < -0.39 is 0 Å². The summed E-state index contributed by atoms with van der Waals surface area (Å²) in [6, 6.07) is 0.749. The van der Waals surface area contributed by atoms with Crippen molar-refractivity contribution in [1.29, 1.82) is 0 Å². The molecule has 0 aromatic carbocycles. The van der Waals surface area contributed by atoms with Gasteiger partial charge in [0.05, 0.1) is 6.20 Å². The molecule has 3 atom stereocenters. The first-order chi connectivity index (χ1) is 8.20. The molecule has 3 unspecified atom stereocenters. The lowest BCUT2D eigenvalue weighted by atomic mass is 9.90. The van der Waals surface area contributed by atoms with Gasteiger partial charge in [0.1, 0.15) is 0 Å². The van der Waals surface area contributed by atoms with Crippen molar-refractivity contribution in [3.63, 3.8) is 0 Å². The third kappa shape index (κ3) is 3.09. The molecule has 0 aliphatic heterocycles. The molecule has 0 spiro atoms. The molecule has 0 radical (unpaired) electrons. The van der Waals surface area contributed by atoms with Gasteiger partial charge >= 0.3 is 0 Å². The number of nitrogens with one attached hydrogen (secondary N) is 1. The SMILES string of the molecule is CCNC1CCC(CCc2cnn(C)c2)C1C. The first-order valence-corrected chi connectivity index (χ1v) is 6.91. The van der Waals surface area contributed by atoms with Gasteiger partial charge in [0, 0.05) is 19.3 Å². The molecule has 3 nitrogen and oxygen atoms in total. The van der Waals surface area contributed by atoms with Crippen LogP contribution in [0.3, 0.4) is 0 Å². The van der Waals surface area contributed by atoms with Crippen molar-refractivity contribution in [2.45, 2.75) is 45.6 Å². The monoisotopic (exact) mass is 235 g/mol. The van der Waals surface area contributed by atoms with E-state index in [4.69, 9.17) is 0 Å². The van der Waals surface area contributed by atoms with Crippen molar-refractivity contribution in [3.8, 4) is 0 Å². The second-order valence-corrected chi connectivity index (χ2v) is 5.42. The number of aryl methyl sites for hydroxylation is 2. The van der Waals surface area contributed by atoms with Crippen molar-refractivity contribution in [2.75, 3.05) is 6.54 Å². The van der Waals surface area contributed by atoms with Crippen LogP contribution in [0.25, 0.3) is 0 Å². The summed E-state index contributed by atoms with van der Waals surface area (Å²) in [5.41, 5.74) is 1.38. The van der Waals surface area contributed by atoms with E-state index in [1.807, 2.05) is 17.9 Å². The average molecular weight is 235 g/mol. The zero-order chi connectivity index (χ0) is 12.3. The van der Waals surface area contributed by atoms with E-state index in [2.05, 4.69) is 30.5 Å². The maximum absolute atomic E-state index is 4.23. The Balaban J connectivity index is 1.80. The minimum Gasteiger partial charge on any atom is -0.314 e. The van der Waals surface area contributed by atoms with Gasteiger partial charge in [-0.2, -0.15) is 5.10 Å². The molecule has 96 valence electrons. The van der Waals surface area contributed by atoms with E-state index in [-0.39, 0.29) is 0 Å². The van der Waals surface area contributed by atoms with Gasteiger partial charge in [-0.05, 0) is 49.6 Å². The highest BCUT2D eigenvalue weighted by atomic mass is 15.2. The predicted molar refractivity (Wildman–Crippen MR) is 70.9 cm³/mol. The summed E-state index contributed by atoms with van der Waals surface area (Å²) in [4.78, 5) is 0. The number of rotatable bonds is 5. The number of nitrogens with zero attached hydrogens (tertiary/aromatic N) is 2. The molecule has 0 bridgehead atoms. The molecule has 1 fully saturated rings. The van der Waals surface area contributed by atoms with Gasteiger partial charge in [-0.25, -0.2) is 0 Å². The quantitative estimate of drug-likeness (QED) is 0.849. The Morgan fingerprint density at radius 3 is 2.94 bits per heavy atom.